The van der Waals surface area contributed by atoms with Crippen LogP contribution in [0, 0.1) is 0 Å². The third-order valence-corrected chi connectivity index (χ3v) is 2.58. The fourth-order valence-electron chi connectivity index (χ4n) is 0.958. The topological polar surface area (TPSA) is 82.3 Å². The molecule has 0 fully saturated rings. The number of ether oxygens (including phenoxy) is 1. The summed E-state index contributed by atoms with van der Waals surface area (Å²) in [7, 11) is -2.97. The minimum absolute atomic E-state index is 0.0994. The van der Waals surface area contributed by atoms with E-state index in [4.69, 9.17) is 5.14 Å². The van der Waals surface area contributed by atoms with Crippen molar-refractivity contribution in [2.75, 3.05) is 7.11 Å². The minimum atomic E-state index is -4.20. The van der Waals surface area contributed by atoms with E-state index in [1.54, 1.807) is 0 Å². The summed E-state index contributed by atoms with van der Waals surface area (Å²) in [5.74, 6) is -0.0994. The maximum Gasteiger partial charge on any atom is 0.265 e. The van der Waals surface area contributed by atoms with E-state index in [1.807, 2.05) is 0 Å². The van der Waals surface area contributed by atoms with E-state index < -0.39 is 26.9 Å². The highest BCUT2D eigenvalue weighted by Gasteiger charge is 2.21. The SMILES string of the molecule is COc1cc(C(F)F)c(S(N)(=O)=O)cn1. The monoisotopic (exact) mass is 238 g/mol. The first-order chi connectivity index (χ1) is 6.86. The predicted octanol–water partition coefficient (Wildman–Crippen LogP) is 0.675. The Morgan fingerprint density at radius 1 is 1.53 bits per heavy atom. The van der Waals surface area contributed by atoms with E-state index >= 15 is 0 Å². The number of nitrogens with two attached hydrogens (primary N) is 1. The summed E-state index contributed by atoms with van der Waals surface area (Å²) in [5.41, 5.74) is -0.718. The second-order valence-corrected chi connectivity index (χ2v) is 4.14. The summed E-state index contributed by atoms with van der Waals surface area (Å²) >= 11 is 0. The molecule has 0 unspecified atom stereocenters. The van der Waals surface area contributed by atoms with Crippen LogP contribution in [0.25, 0.3) is 0 Å². The largest absolute Gasteiger partial charge is 0.481 e. The molecule has 0 amide bonds. The standard InChI is InChI=1S/C7H8F2N2O3S/c1-14-6-2-4(7(8)9)5(3-11-6)15(10,12)13/h2-3,7H,1H3,(H2,10,12,13). The van der Waals surface area contributed by atoms with Crippen molar-refractivity contribution in [1.82, 2.24) is 4.98 Å². The molecule has 0 saturated heterocycles. The lowest BCUT2D eigenvalue weighted by atomic mass is 10.3. The fourth-order valence-corrected chi connectivity index (χ4v) is 1.63. The zero-order valence-corrected chi connectivity index (χ0v) is 8.46. The summed E-state index contributed by atoms with van der Waals surface area (Å²) in [6.45, 7) is 0. The Morgan fingerprint density at radius 3 is 2.53 bits per heavy atom. The van der Waals surface area contributed by atoms with Crippen LogP contribution in [0.1, 0.15) is 12.0 Å². The Bertz CT molecular complexity index is 461. The average molecular weight is 238 g/mol. The highest BCUT2D eigenvalue weighted by molar-refractivity contribution is 7.89. The third-order valence-electron chi connectivity index (χ3n) is 1.62. The van der Waals surface area contributed by atoms with Gasteiger partial charge in [0.2, 0.25) is 15.9 Å². The number of rotatable bonds is 3. The second-order valence-electron chi connectivity index (χ2n) is 2.61. The molecule has 84 valence electrons. The number of nitrogens with zero attached hydrogens (tertiary/aromatic N) is 1. The number of methoxy groups -OCH3 is 1. The maximum atomic E-state index is 12.5. The number of pyridine rings is 1. The molecule has 1 aromatic rings. The normalized spacial score (nSPS) is 11.8. The number of hydrogen-bond donors (Lipinski definition) is 1. The zero-order chi connectivity index (χ0) is 11.6. The molecule has 0 atom stereocenters. The molecule has 15 heavy (non-hydrogen) atoms. The summed E-state index contributed by atoms with van der Waals surface area (Å²) in [6.07, 6.45) is -2.22. The molecular formula is C7H8F2N2O3S. The van der Waals surface area contributed by atoms with Gasteiger partial charge in [0, 0.05) is 11.6 Å². The lowest BCUT2D eigenvalue weighted by Gasteiger charge is -2.07. The van der Waals surface area contributed by atoms with Crippen LogP contribution in [0.5, 0.6) is 5.88 Å². The first kappa shape index (κ1) is 11.8. The van der Waals surface area contributed by atoms with Crippen LogP contribution in [-0.4, -0.2) is 20.5 Å². The number of primary sulfonamides is 1. The van der Waals surface area contributed by atoms with Crippen molar-refractivity contribution in [3.8, 4) is 5.88 Å². The van der Waals surface area contributed by atoms with Gasteiger partial charge in [-0.1, -0.05) is 0 Å². The lowest BCUT2D eigenvalue weighted by Crippen LogP contribution is -2.15. The molecule has 0 aromatic carbocycles. The van der Waals surface area contributed by atoms with Crippen LogP contribution >= 0.6 is 0 Å². The van der Waals surface area contributed by atoms with E-state index in [0.29, 0.717) is 0 Å². The first-order valence-electron chi connectivity index (χ1n) is 3.71. The van der Waals surface area contributed by atoms with E-state index in [2.05, 4.69) is 9.72 Å². The summed E-state index contributed by atoms with van der Waals surface area (Å²) in [6, 6.07) is 0.838. The molecular weight excluding hydrogens is 230 g/mol. The van der Waals surface area contributed by atoms with Crippen LogP contribution in [-0.2, 0) is 10.0 Å². The number of aromatic nitrogens is 1. The van der Waals surface area contributed by atoms with Crippen molar-refractivity contribution in [1.29, 1.82) is 0 Å². The average Bonchev–Trinajstić information content (AvgIpc) is 2.15. The Labute approximate surface area is 84.9 Å². The molecule has 1 heterocycles. The van der Waals surface area contributed by atoms with Gasteiger partial charge in [-0.2, -0.15) is 0 Å². The number of alkyl halides is 2. The quantitative estimate of drug-likeness (QED) is 0.839. The van der Waals surface area contributed by atoms with Crippen LogP contribution in [0.3, 0.4) is 0 Å². The molecule has 0 bridgehead atoms. The van der Waals surface area contributed by atoms with Crippen LogP contribution < -0.4 is 9.88 Å². The van der Waals surface area contributed by atoms with Gasteiger partial charge in [-0.15, -0.1) is 0 Å². The summed E-state index contributed by atoms with van der Waals surface area (Å²) in [4.78, 5) is 2.80. The lowest BCUT2D eigenvalue weighted by molar-refractivity contribution is 0.147. The summed E-state index contributed by atoms with van der Waals surface area (Å²) in [5, 5.41) is 4.74. The van der Waals surface area contributed by atoms with Crippen molar-refractivity contribution in [2.24, 2.45) is 5.14 Å². The molecule has 5 nitrogen and oxygen atoms in total. The number of halogens is 2. The van der Waals surface area contributed by atoms with Crippen LogP contribution in [0.2, 0.25) is 0 Å². The van der Waals surface area contributed by atoms with Crippen molar-refractivity contribution in [3.05, 3.63) is 17.8 Å². The van der Waals surface area contributed by atoms with Crippen LogP contribution in [0.15, 0.2) is 17.2 Å². The van der Waals surface area contributed by atoms with Gasteiger partial charge in [0.1, 0.15) is 4.90 Å². The molecule has 1 aromatic heterocycles. The first-order valence-corrected chi connectivity index (χ1v) is 5.25. The molecule has 0 aliphatic rings. The third kappa shape index (κ3) is 2.60. The molecule has 0 radical (unpaired) electrons. The molecule has 8 heteroatoms. The van der Waals surface area contributed by atoms with Gasteiger partial charge in [-0.25, -0.2) is 27.3 Å². The van der Waals surface area contributed by atoms with Gasteiger partial charge in [-0.3, -0.25) is 0 Å². The molecule has 0 spiro atoms. The summed E-state index contributed by atoms with van der Waals surface area (Å²) < 4.78 is 51.4. The maximum absolute atomic E-state index is 12.5. The van der Waals surface area contributed by atoms with E-state index in [-0.39, 0.29) is 5.88 Å². The highest BCUT2D eigenvalue weighted by Crippen LogP contribution is 2.27. The Balaban J connectivity index is 3.41. The van der Waals surface area contributed by atoms with Crippen molar-refractivity contribution >= 4 is 10.0 Å². The Morgan fingerprint density at radius 2 is 2.13 bits per heavy atom. The van der Waals surface area contributed by atoms with E-state index in [0.717, 1.165) is 12.3 Å². The predicted molar refractivity (Wildman–Crippen MR) is 47.1 cm³/mol. The molecule has 0 aliphatic carbocycles. The molecule has 0 aliphatic heterocycles. The van der Waals surface area contributed by atoms with E-state index in [1.165, 1.54) is 7.11 Å². The molecule has 1 rings (SSSR count). The van der Waals surface area contributed by atoms with Gasteiger partial charge in [0.25, 0.3) is 6.43 Å². The van der Waals surface area contributed by atoms with Gasteiger partial charge in [-0.05, 0) is 0 Å². The fraction of sp³-hybridized carbons (Fsp3) is 0.286. The molecule has 2 N–H and O–H groups in total. The van der Waals surface area contributed by atoms with Crippen molar-refractivity contribution in [3.63, 3.8) is 0 Å². The van der Waals surface area contributed by atoms with Gasteiger partial charge in [0.15, 0.2) is 0 Å². The van der Waals surface area contributed by atoms with E-state index in [9.17, 15) is 17.2 Å². The van der Waals surface area contributed by atoms with Gasteiger partial charge in [0.05, 0.1) is 13.3 Å². The van der Waals surface area contributed by atoms with Crippen molar-refractivity contribution < 1.29 is 21.9 Å². The Hall–Kier alpha value is -1.28. The number of sulfonamides is 1. The van der Waals surface area contributed by atoms with Gasteiger partial charge < -0.3 is 4.74 Å². The molecule has 0 saturated carbocycles. The number of hydrogen-bond acceptors (Lipinski definition) is 4. The second kappa shape index (κ2) is 4.07. The van der Waals surface area contributed by atoms with Gasteiger partial charge >= 0.3 is 0 Å². The zero-order valence-electron chi connectivity index (χ0n) is 7.65. The Kier molecular flexibility index (Phi) is 3.20. The smallest absolute Gasteiger partial charge is 0.265 e. The van der Waals surface area contributed by atoms with Crippen LogP contribution in [0.4, 0.5) is 8.78 Å². The highest BCUT2D eigenvalue weighted by atomic mass is 32.2. The van der Waals surface area contributed by atoms with Crippen molar-refractivity contribution in [2.45, 2.75) is 11.3 Å². The minimum Gasteiger partial charge on any atom is -0.481 e.